The molecule has 0 aromatic carbocycles. The summed E-state index contributed by atoms with van der Waals surface area (Å²) in [7, 11) is -6.87. The van der Waals surface area contributed by atoms with Gasteiger partial charge >= 0.3 is 0 Å². The first kappa shape index (κ1) is 15.8. The van der Waals surface area contributed by atoms with Crippen molar-refractivity contribution in [3.05, 3.63) is 0 Å². The van der Waals surface area contributed by atoms with Crippen molar-refractivity contribution < 1.29 is 16.8 Å². The van der Waals surface area contributed by atoms with Gasteiger partial charge in [0.15, 0.2) is 0 Å². The summed E-state index contributed by atoms with van der Waals surface area (Å²) in [5.41, 5.74) is 5.28. The standard InChI is InChI=1S/C7H16N2O4S3/c1-3-6(7(8)14)16(12,13)9-4-5-15(2,10)11/h6,9H,3-5H2,1-2H3,(H2,8,14). The van der Waals surface area contributed by atoms with Crippen molar-refractivity contribution in [3.8, 4) is 0 Å². The molecule has 0 saturated carbocycles. The van der Waals surface area contributed by atoms with Crippen molar-refractivity contribution in [2.45, 2.75) is 18.6 Å². The number of sulfone groups is 1. The summed E-state index contributed by atoms with van der Waals surface area (Å²) < 4.78 is 47.0. The summed E-state index contributed by atoms with van der Waals surface area (Å²) in [5, 5.41) is -0.956. The lowest BCUT2D eigenvalue weighted by Gasteiger charge is -2.14. The fraction of sp³-hybridized carbons (Fsp3) is 0.857. The maximum atomic E-state index is 11.6. The van der Waals surface area contributed by atoms with E-state index in [-0.39, 0.29) is 23.7 Å². The fourth-order valence-corrected chi connectivity index (χ4v) is 3.52. The molecule has 1 unspecified atom stereocenters. The van der Waals surface area contributed by atoms with Crippen LogP contribution >= 0.6 is 12.2 Å². The van der Waals surface area contributed by atoms with Crippen LogP contribution in [-0.2, 0) is 19.9 Å². The molecule has 0 fully saturated rings. The van der Waals surface area contributed by atoms with Crippen LogP contribution < -0.4 is 10.5 Å². The van der Waals surface area contributed by atoms with Crippen molar-refractivity contribution in [1.82, 2.24) is 4.72 Å². The van der Waals surface area contributed by atoms with E-state index in [4.69, 9.17) is 5.73 Å². The van der Waals surface area contributed by atoms with Gasteiger partial charge in [-0.1, -0.05) is 19.1 Å². The highest BCUT2D eigenvalue weighted by molar-refractivity contribution is 7.93. The molecule has 0 aromatic rings. The molecule has 0 saturated heterocycles. The summed E-state index contributed by atoms with van der Waals surface area (Å²) in [4.78, 5) is -0.116. The van der Waals surface area contributed by atoms with E-state index in [1.165, 1.54) is 0 Å². The maximum absolute atomic E-state index is 11.6. The van der Waals surface area contributed by atoms with Crippen molar-refractivity contribution in [3.63, 3.8) is 0 Å². The predicted molar refractivity (Wildman–Crippen MR) is 67.5 cm³/mol. The van der Waals surface area contributed by atoms with E-state index >= 15 is 0 Å². The second kappa shape index (κ2) is 5.89. The molecule has 0 aliphatic heterocycles. The van der Waals surface area contributed by atoms with Gasteiger partial charge in [-0.25, -0.2) is 21.6 Å². The van der Waals surface area contributed by atoms with Crippen LogP contribution in [0.3, 0.4) is 0 Å². The molecule has 16 heavy (non-hydrogen) atoms. The molecule has 0 radical (unpaired) electrons. The molecule has 0 bridgehead atoms. The van der Waals surface area contributed by atoms with Gasteiger partial charge in [0.05, 0.1) is 10.7 Å². The predicted octanol–water partition coefficient (Wildman–Crippen LogP) is -0.985. The van der Waals surface area contributed by atoms with Crippen LogP contribution in [0.15, 0.2) is 0 Å². The van der Waals surface area contributed by atoms with E-state index in [0.29, 0.717) is 0 Å². The average molecular weight is 288 g/mol. The van der Waals surface area contributed by atoms with E-state index in [1.54, 1.807) is 6.92 Å². The van der Waals surface area contributed by atoms with Gasteiger partial charge in [-0.2, -0.15) is 0 Å². The summed E-state index contributed by atoms with van der Waals surface area (Å²) in [5.74, 6) is -0.250. The largest absolute Gasteiger partial charge is 0.392 e. The van der Waals surface area contributed by atoms with Crippen LogP contribution in [0.5, 0.6) is 0 Å². The van der Waals surface area contributed by atoms with E-state index < -0.39 is 25.1 Å². The molecular formula is C7H16N2O4S3. The number of nitrogens with one attached hydrogen (secondary N) is 1. The summed E-state index contributed by atoms with van der Waals surface area (Å²) in [6.45, 7) is 1.47. The quantitative estimate of drug-likeness (QED) is 0.583. The van der Waals surface area contributed by atoms with Gasteiger partial charge in [0.2, 0.25) is 10.0 Å². The molecule has 1 atom stereocenters. The molecule has 0 amide bonds. The Kier molecular flexibility index (Phi) is 5.80. The van der Waals surface area contributed by atoms with Crippen molar-refractivity contribution in [2.75, 3.05) is 18.6 Å². The van der Waals surface area contributed by atoms with Crippen LogP contribution in [0.25, 0.3) is 0 Å². The van der Waals surface area contributed by atoms with Gasteiger partial charge in [0.1, 0.15) is 15.1 Å². The SMILES string of the molecule is CCC(C(N)=S)S(=O)(=O)NCCS(C)(=O)=O. The Balaban J connectivity index is 4.53. The Morgan fingerprint density at radius 2 is 1.88 bits per heavy atom. The van der Waals surface area contributed by atoms with Crippen LogP contribution in [0.1, 0.15) is 13.3 Å². The molecule has 0 aliphatic carbocycles. The minimum Gasteiger partial charge on any atom is -0.392 e. The van der Waals surface area contributed by atoms with E-state index in [9.17, 15) is 16.8 Å². The third-order valence-corrected chi connectivity index (χ3v) is 5.16. The Hall–Kier alpha value is -0.250. The van der Waals surface area contributed by atoms with E-state index in [1.807, 2.05) is 0 Å². The minimum absolute atomic E-state index is 0.116. The lowest BCUT2D eigenvalue weighted by Crippen LogP contribution is -2.42. The molecular weight excluding hydrogens is 272 g/mol. The van der Waals surface area contributed by atoms with Crippen molar-refractivity contribution >= 4 is 37.1 Å². The molecule has 0 aromatic heterocycles. The Morgan fingerprint density at radius 1 is 1.38 bits per heavy atom. The zero-order valence-corrected chi connectivity index (χ0v) is 11.6. The van der Waals surface area contributed by atoms with Crippen LogP contribution in [-0.4, -0.2) is 45.6 Å². The molecule has 9 heteroatoms. The number of hydrogen-bond acceptors (Lipinski definition) is 5. The van der Waals surface area contributed by atoms with Crippen LogP contribution in [0.2, 0.25) is 0 Å². The fourth-order valence-electron chi connectivity index (χ4n) is 1.04. The van der Waals surface area contributed by atoms with Gasteiger partial charge < -0.3 is 5.73 Å². The Labute approximate surface area is 102 Å². The van der Waals surface area contributed by atoms with Crippen LogP contribution in [0.4, 0.5) is 0 Å². The number of sulfonamides is 1. The average Bonchev–Trinajstić information content (AvgIpc) is 1.99. The molecule has 0 heterocycles. The van der Waals surface area contributed by atoms with Crippen molar-refractivity contribution in [1.29, 1.82) is 0 Å². The zero-order valence-electron chi connectivity index (χ0n) is 9.13. The number of rotatable bonds is 7. The molecule has 0 spiro atoms. The topological polar surface area (TPSA) is 106 Å². The van der Waals surface area contributed by atoms with E-state index in [2.05, 4.69) is 16.9 Å². The lowest BCUT2D eigenvalue weighted by molar-refractivity contribution is 0.575. The molecule has 6 nitrogen and oxygen atoms in total. The first-order chi connectivity index (χ1) is 7.10. The molecule has 0 rings (SSSR count). The van der Waals surface area contributed by atoms with E-state index in [0.717, 1.165) is 6.26 Å². The summed E-state index contributed by atoms with van der Waals surface area (Å²) in [6.07, 6.45) is 1.29. The Morgan fingerprint density at radius 3 is 2.19 bits per heavy atom. The highest BCUT2D eigenvalue weighted by Gasteiger charge is 2.25. The van der Waals surface area contributed by atoms with Gasteiger partial charge in [0, 0.05) is 12.8 Å². The summed E-state index contributed by atoms with van der Waals surface area (Å²) >= 11 is 4.63. The van der Waals surface area contributed by atoms with Gasteiger partial charge in [0.25, 0.3) is 0 Å². The van der Waals surface area contributed by atoms with Gasteiger partial charge in [-0.15, -0.1) is 0 Å². The molecule has 0 aliphatic rings. The molecule has 3 N–H and O–H groups in total. The maximum Gasteiger partial charge on any atom is 0.221 e. The third kappa shape index (κ3) is 5.73. The summed E-state index contributed by atoms with van der Waals surface area (Å²) in [6, 6.07) is 0. The number of nitrogens with two attached hydrogens (primary N) is 1. The first-order valence-electron chi connectivity index (χ1n) is 4.55. The second-order valence-electron chi connectivity index (χ2n) is 3.37. The molecule has 96 valence electrons. The first-order valence-corrected chi connectivity index (χ1v) is 8.57. The minimum atomic E-state index is -3.67. The Bertz CT molecular complexity index is 440. The zero-order chi connectivity index (χ0) is 13.0. The van der Waals surface area contributed by atoms with Crippen molar-refractivity contribution in [2.24, 2.45) is 5.73 Å². The van der Waals surface area contributed by atoms with Crippen LogP contribution in [0, 0.1) is 0 Å². The second-order valence-corrected chi connectivity index (χ2v) is 8.05. The van der Waals surface area contributed by atoms with Gasteiger partial charge in [-0.05, 0) is 6.42 Å². The number of hydrogen-bond donors (Lipinski definition) is 2. The third-order valence-electron chi connectivity index (χ3n) is 1.84. The van der Waals surface area contributed by atoms with Gasteiger partial charge in [-0.3, -0.25) is 0 Å². The normalized spacial score (nSPS) is 14.6. The highest BCUT2D eigenvalue weighted by Crippen LogP contribution is 2.04. The highest BCUT2D eigenvalue weighted by atomic mass is 32.2. The smallest absolute Gasteiger partial charge is 0.221 e. The lowest BCUT2D eigenvalue weighted by atomic mass is 10.3. The number of thiocarbonyl (C=S) groups is 1. The monoisotopic (exact) mass is 288 g/mol.